The van der Waals surface area contributed by atoms with Crippen LogP contribution in [-0.4, -0.2) is 46.3 Å². The highest BCUT2D eigenvalue weighted by atomic mass is 32.2. The van der Waals surface area contributed by atoms with E-state index in [-0.39, 0.29) is 24.2 Å². The summed E-state index contributed by atoms with van der Waals surface area (Å²) >= 11 is 1.71. The molecular formula is C13H22N4O2S. The predicted molar refractivity (Wildman–Crippen MR) is 79.8 cm³/mol. The number of aryl methyl sites for hydroxylation is 1. The lowest BCUT2D eigenvalue weighted by atomic mass is 10.1. The molecule has 1 aromatic rings. The molecule has 1 aliphatic heterocycles. The van der Waals surface area contributed by atoms with Crippen LogP contribution >= 0.6 is 11.8 Å². The molecule has 6 nitrogen and oxygen atoms in total. The molecule has 1 unspecified atom stereocenters. The van der Waals surface area contributed by atoms with Crippen LogP contribution in [0, 0.1) is 0 Å². The van der Waals surface area contributed by atoms with Gasteiger partial charge in [0.15, 0.2) is 0 Å². The predicted octanol–water partition coefficient (Wildman–Crippen LogP) is 1.30. The Hall–Kier alpha value is -1.21. The van der Waals surface area contributed by atoms with Gasteiger partial charge in [-0.1, -0.05) is 0 Å². The highest BCUT2D eigenvalue weighted by molar-refractivity contribution is 7.98. The summed E-state index contributed by atoms with van der Waals surface area (Å²) in [5.41, 5.74) is 0. The Kier molecular flexibility index (Phi) is 5.31. The average Bonchev–Trinajstić information content (AvgIpc) is 2.97. The van der Waals surface area contributed by atoms with Crippen LogP contribution in [0.2, 0.25) is 0 Å². The normalized spacial score (nSPS) is 23.6. The summed E-state index contributed by atoms with van der Waals surface area (Å²) in [5.74, 6) is 1.75. The lowest BCUT2D eigenvalue weighted by Crippen LogP contribution is -2.47. The largest absolute Gasteiger partial charge is 0.368 e. The molecule has 2 heterocycles. The second kappa shape index (κ2) is 6.99. The second-order valence-corrected chi connectivity index (χ2v) is 5.97. The summed E-state index contributed by atoms with van der Waals surface area (Å²) in [4.78, 5) is 16.3. The van der Waals surface area contributed by atoms with E-state index >= 15 is 0 Å². The van der Waals surface area contributed by atoms with Crippen molar-refractivity contribution in [2.75, 3.05) is 18.6 Å². The first-order valence-corrected chi connectivity index (χ1v) is 8.16. The van der Waals surface area contributed by atoms with E-state index in [9.17, 15) is 4.79 Å². The van der Waals surface area contributed by atoms with Crippen LogP contribution in [0.3, 0.4) is 0 Å². The smallest absolute Gasteiger partial charge is 0.315 e. The van der Waals surface area contributed by atoms with Crippen molar-refractivity contribution < 1.29 is 9.53 Å². The number of nitrogens with zero attached hydrogens (tertiary/aromatic N) is 2. The van der Waals surface area contributed by atoms with Crippen LogP contribution in [0.4, 0.5) is 4.79 Å². The van der Waals surface area contributed by atoms with Gasteiger partial charge in [0.2, 0.25) is 0 Å². The minimum atomic E-state index is -0.170. The SMILES string of the molecule is CSCC(C)NC(=O)N[C@H]1CCO[C@@H]1c1nccn1C. The molecule has 0 saturated carbocycles. The van der Waals surface area contributed by atoms with Gasteiger partial charge in [-0.15, -0.1) is 0 Å². The molecule has 0 aliphatic carbocycles. The fraction of sp³-hybridized carbons (Fsp3) is 0.692. The van der Waals surface area contributed by atoms with Crippen LogP contribution in [0.5, 0.6) is 0 Å². The van der Waals surface area contributed by atoms with Gasteiger partial charge in [-0.2, -0.15) is 11.8 Å². The van der Waals surface area contributed by atoms with Gasteiger partial charge in [0, 0.05) is 37.8 Å². The van der Waals surface area contributed by atoms with E-state index in [1.165, 1.54) is 0 Å². The number of rotatable bonds is 5. The van der Waals surface area contributed by atoms with Crippen molar-refractivity contribution in [3.63, 3.8) is 0 Å². The Labute approximate surface area is 123 Å². The minimum absolute atomic E-state index is 0.0300. The molecule has 1 aliphatic rings. The van der Waals surface area contributed by atoms with Crippen molar-refractivity contribution in [2.24, 2.45) is 7.05 Å². The van der Waals surface area contributed by atoms with Gasteiger partial charge in [0.25, 0.3) is 0 Å². The average molecular weight is 298 g/mol. The molecule has 1 saturated heterocycles. The third-order valence-corrected chi connectivity index (χ3v) is 4.15. The summed E-state index contributed by atoms with van der Waals surface area (Å²) in [6.45, 7) is 2.64. The number of nitrogens with one attached hydrogen (secondary N) is 2. The molecule has 0 aromatic carbocycles. The fourth-order valence-electron chi connectivity index (χ4n) is 2.37. The molecule has 2 rings (SSSR count). The van der Waals surface area contributed by atoms with Gasteiger partial charge in [-0.05, 0) is 19.6 Å². The summed E-state index contributed by atoms with van der Waals surface area (Å²) in [6.07, 6.45) is 6.29. The zero-order valence-corrected chi connectivity index (χ0v) is 12.9. The molecule has 112 valence electrons. The van der Waals surface area contributed by atoms with Crippen LogP contribution in [0.1, 0.15) is 25.3 Å². The van der Waals surface area contributed by atoms with Gasteiger partial charge in [-0.25, -0.2) is 9.78 Å². The van der Waals surface area contributed by atoms with E-state index in [2.05, 4.69) is 15.6 Å². The number of ether oxygens (including phenoxy) is 1. The van der Waals surface area contributed by atoms with Crippen molar-refractivity contribution in [3.8, 4) is 0 Å². The van der Waals surface area contributed by atoms with Gasteiger partial charge >= 0.3 is 6.03 Å². The summed E-state index contributed by atoms with van der Waals surface area (Å²) in [6, 6.07) is -0.0160. The Morgan fingerprint density at radius 1 is 1.70 bits per heavy atom. The van der Waals surface area contributed by atoms with Gasteiger partial charge < -0.3 is 19.9 Å². The molecule has 2 amide bonds. The van der Waals surface area contributed by atoms with E-state index in [1.807, 2.05) is 31.0 Å². The maximum Gasteiger partial charge on any atom is 0.315 e. The van der Waals surface area contributed by atoms with Crippen molar-refractivity contribution in [2.45, 2.75) is 31.5 Å². The quantitative estimate of drug-likeness (QED) is 0.860. The highest BCUT2D eigenvalue weighted by Crippen LogP contribution is 2.27. The molecule has 0 radical (unpaired) electrons. The molecular weight excluding hydrogens is 276 g/mol. The molecule has 0 bridgehead atoms. The minimum Gasteiger partial charge on any atom is -0.368 e. The summed E-state index contributed by atoms with van der Waals surface area (Å²) in [7, 11) is 1.93. The first-order valence-electron chi connectivity index (χ1n) is 6.76. The Morgan fingerprint density at radius 3 is 3.15 bits per heavy atom. The Bertz CT molecular complexity index is 451. The van der Waals surface area contributed by atoms with Crippen LogP contribution < -0.4 is 10.6 Å². The first kappa shape index (κ1) is 15.2. The lowest BCUT2D eigenvalue weighted by molar-refractivity contribution is 0.0908. The number of carbonyl (C=O) groups is 1. The van der Waals surface area contributed by atoms with E-state index < -0.39 is 0 Å². The van der Waals surface area contributed by atoms with E-state index in [4.69, 9.17) is 4.74 Å². The Balaban J connectivity index is 1.91. The standard InChI is InChI=1S/C13H22N4O2S/c1-9(8-20-3)15-13(18)16-10-4-7-19-11(10)12-14-5-6-17(12)2/h5-6,9-11H,4,7-8H2,1-3H3,(H2,15,16,18)/t9?,10-,11-/m0/s1. The van der Waals surface area contributed by atoms with Crippen LogP contribution in [0.15, 0.2) is 12.4 Å². The molecule has 3 atom stereocenters. The van der Waals surface area contributed by atoms with Gasteiger partial charge in [-0.3, -0.25) is 0 Å². The number of imidazole rings is 1. The zero-order valence-electron chi connectivity index (χ0n) is 12.1. The molecule has 1 fully saturated rings. The Morgan fingerprint density at radius 2 is 2.50 bits per heavy atom. The summed E-state index contributed by atoms with van der Waals surface area (Å²) in [5, 5.41) is 5.93. The maximum atomic E-state index is 12.0. The van der Waals surface area contributed by atoms with Gasteiger partial charge in [0.1, 0.15) is 11.9 Å². The monoisotopic (exact) mass is 298 g/mol. The van der Waals surface area contributed by atoms with Crippen molar-refractivity contribution in [1.82, 2.24) is 20.2 Å². The second-order valence-electron chi connectivity index (χ2n) is 5.06. The summed E-state index contributed by atoms with van der Waals surface area (Å²) < 4.78 is 7.64. The number of carbonyl (C=O) groups excluding carboxylic acids is 1. The van der Waals surface area contributed by atoms with Crippen LogP contribution in [0.25, 0.3) is 0 Å². The molecule has 7 heteroatoms. The lowest BCUT2D eigenvalue weighted by Gasteiger charge is -2.21. The fourth-order valence-corrected chi connectivity index (χ4v) is 2.95. The first-order chi connectivity index (χ1) is 9.61. The molecule has 0 spiro atoms. The van der Waals surface area contributed by atoms with Gasteiger partial charge in [0.05, 0.1) is 6.04 Å². The number of aromatic nitrogens is 2. The highest BCUT2D eigenvalue weighted by Gasteiger charge is 2.33. The maximum absolute atomic E-state index is 12.0. The third kappa shape index (κ3) is 3.67. The number of amides is 2. The molecule has 20 heavy (non-hydrogen) atoms. The van der Waals surface area contributed by atoms with Crippen molar-refractivity contribution in [3.05, 3.63) is 18.2 Å². The molecule has 2 N–H and O–H groups in total. The number of hydrogen-bond donors (Lipinski definition) is 2. The van der Waals surface area contributed by atoms with Crippen LogP contribution in [-0.2, 0) is 11.8 Å². The number of urea groups is 1. The molecule has 1 aromatic heterocycles. The van der Waals surface area contributed by atoms with E-state index in [1.54, 1.807) is 18.0 Å². The topological polar surface area (TPSA) is 68.2 Å². The number of hydrogen-bond acceptors (Lipinski definition) is 4. The van der Waals surface area contributed by atoms with Crippen molar-refractivity contribution >= 4 is 17.8 Å². The van der Waals surface area contributed by atoms with E-state index in [0.717, 1.165) is 18.0 Å². The van der Waals surface area contributed by atoms with E-state index in [0.29, 0.717) is 6.61 Å². The third-order valence-electron chi connectivity index (χ3n) is 3.32. The number of thioether (sulfide) groups is 1. The zero-order chi connectivity index (χ0) is 14.5. The van der Waals surface area contributed by atoms with Crippen molar-refractivity contribution in [1.29, 1.82) is 0 Å².